The Morgan fingerprint density at radius 2 is 2.20 bits per heavy atom. The highest BCUT2D eigenvalue weighted by Gasteiger charge is 2.38. The Morgan fingerprint density at radius 3 is 2.75 bits per heavy atom. The van der Waals surface area contributed by atoms with E-state index in [1.54, 1.807) is 4.90 Å². The van der Waals surface area contributed by atoms with Crippen LogP contribution >= 0.6 is 0 Å². The number of carbonyl (C=O) groups excluding carboxylic acids is 2. The van der Waals surface area contributed by atoms with Crippen molar-refractivity contribution >= 4 is 21.7 Å². The third-order valence-electron chi connectivity index (χ3n) is 4.23. The van der Waals surface area contributed by atoms with Crippen molar-refractivity contribution in [3.05, 3.63) is 0 Å². The summed E-state index contributed by atoms with van der Waals surface area (Å²) >= 11 is 0. The van der Waals surface area contributed by atoms with Crippen LogP contribution in [0.1, 0.15) is 33.1 Å². The maximum atomic E-state index is 12.1. The maximum absolute atomic E-state index is 12.1. The Labute approximate surface area is 119 Å². The van der Waals surface area contributed by atoms with Crippen molar-refractivity contribution in [2.45, 2.75) is 45.2 Å². The van der Waals surface area contributed by atoms with E-state index < -0.39 is 9.84 Å². The van der Waals surface area contributed by atoms with Gasteiger partial charge in [-0.3, -0.25) is 9.59 Å². The Balaban J connectivity index is 1.90. The normalized spacial score (nSPS) is 30.5. The molecule has 0 aromatic heterocycles. The zero-order valence-corrected chi connectivity index (χ0v) is 12.8. The second-order valence-electron chi connectivity index (χ2n) is 5.81. The fourth-order valence-electron chi connectivity index (χ4n) is 2.78. The van der Waals surface area contributed by atoms with Gasteiger partial charge in [0, 0.05) is 25.0 Å². The number of hydrogen-bond donors (Lipinski definition) is 1. The molecule has 0 spiro atoms. The largest absolute Gasteiger partial charge is 0.352 e. The van der Waals surface area contributed by atoms with Crippen LogP contribution in [0.2, 0.25) is 0 Å². The van der Waals surface area contributed by atoms with Crippen LogP contribution in [0, 0.1) is 5.92 Å². The fourth-order valence-corrected chi connectivity index (χ4v) is 4.45. The highest BCUT2D eigenvalue weighted by Crippen LogP contribution is 2.22. The monoisotopic (exact) mass is 302 g/mol. The number of amides is 2. The summed E-state index contributed by atoms with van der Waals surface area (Å²) in [6, 6.07) is -0.146. The van der Waals surface area contributed by atoms with Crippen molar-refractivity contribution in [3.63, 3.8) is 0 Å². The molecule has 1 N–H and O–H groups in total. The summed E-state index contributed by atoms with van der Waals surface area (Å²) in [5, 5.41) is 2.78. The molecule has 2 saturated heterocycles. The maximum Gasteiger partial charge on any atom is 0.225 e. The van der Waals surface area contributed by atoms with Crippen molar-refractivity contribution in [2.75, 3.05) is 18.1 Å². The van der Waals surface area contributed by atoms with Crippen LogP contribution in [0.15, 0.2) is 0 Å². The minimum absolute atomic E-state index is 0.0125. The number of likely N-dealkylation sites (tertiary alicyclic amines) is 1. The summed E-state index contributed by atoms with van der Waals surface area (Å²) in [7, 11) is -3.00. The van der Waals surface area contributed by atoms with Gasteiger partial charge in [-0.15, -0.1) is 0 Å². The summed E-state index contributed by atoms with van der Waals surface area (Å²) in [6.45, 7) is 4.43. The summed E-state index contributed by atoms with van der Waals surface area (Å²) in [5.41, 5.74) is 0. The third-order valence-corrected chi connectivity index (χ3v) is 6.00. The molecule has 2 heterocycles. The number of hydrogen-bond acceptors (Lipinski definition) is 4. The minimum Gasteiger partial charge on any atom is -0.352 e. The molecule has 20 heavy (non-hydrogen) atoms. The third kappa shape index (κ3) is 3.31. The number of carbonyl (C=O) groups is 2. The molecule has 0 aromatic carbocycles. The lowest BCUT2D eigenvalue weighted by Gasteiger charge is -2.23. The smallest absolute Gasteiger partial charge is 0.225 e. The molecule has 3 atom stereocenters. The molecule has 0 radical (unpaired) electrons. The molecule has 0 saturated carbocycles. The van der Waals surface area contributed by atoms with E-state index >= 15 is 0 Å². The molecule has 2 aliphatic rings. The molecular weight excluding hydrogens is 280 g/mol. The second-order valence-corrected chi connectivity index (χ2v) is 8.04. The standard InChI is InChI=1S/C13H22N2O4S/c1-3-9(2)15-7-10(6-12(15)16)13(17)14-11-4-5-20(18,19)8-11/h9-11H,3-8H2,1-2H3,(H,14,17). The number of nitrogens with one attached hydrogen (secondary N) is 1. The van der Waals surface area contributed by atoms with Crippen molar-refractivity contribution in [3.8, 4) is 0 Å². The molecule has 114 valence electrons. The van der Waals surface area contributed by atoms with E-state index in [4.69, 9.17) is 0 Å². The lowest BCUT2D eigenvalue weighted by molar-refractivity contribution is -0.130. The fraction of sp³-hybridized carbons (Fsp3) is 0.846. The van der Waals surface area contributed by atoms with E-state index in [1.807, 2.05) is 13.8 Å². The van der Waals surface area contributed by atoms with Gasteiger partial charge in [-0.25, -0.2) is 8.42 Å². The Kier molecular flexibility index (Phi) is 4.36. The highest BCUT2D eigenvalue weighted by molar-refractivity contribution is 7.91. The van der Waals surface area contributed by atoms with Gasteiger partial charge in [-0.1, -0.05) is 6.92 Å². The van der Waals surface area contributed by atoms with Gasteiger partial charge in [0.1, 0.15) is 0 Å². The first kappa shape index (κ1) is 15.3. The quantitative estimate of drug-likeness (QED) is 0.788. The zero-order valence-electron chi connectivity index (χ0n) is 12.0. The van der Waals surface area contributed by atoms with Crippen LogP contribution in [0.5, 0.6) is 0 Å². The molecule has 3 unspecified atom stereocenters. The molecule has 2 fully saturated rings. The van der Waals surface area contributed by atoms with E-state index in [0.29, 0.717) is 13.0 Å². The van der Waals surface area contributed by atoms with E-state index in [9.17, 15) is 18.0 Å². The van der Waals surface area contributed by atoms with Crippen LogP contribution in [-0.2, 0) is 19.4 Å². The molecule has 2 aliphatic heterocycles. The van der Waals surface area contributed by atoms with Gasteiger partial charge in [0.05, 0.1) is 17.4 Å². The minimum atomic E-state index is -3.00. The van der Waals surface area contributed by atoms with E-state index in [1.165, 1.54) is 0 Å². The number of rotatable bonds is 4. The van der Waals surface area contributed by atoms with E-state index in [-0.39, 0.29) is 47.7 Å². The van der Waals surface area contributed by atoms with E-state index in [2.05, 4.69) is 5.32 Å². The van der Waals surface area contributed by atoms with Crippen LogP contribution in [0.25, 0.3) is 0 Å². The lowest BCUT2D eigenvalue weighted by atomic mass is 10.1. The Bertz CT molecular complexity index is 503. The first-order chi connectivity index (χ1) is 9.32. The molecular formula is C13H22N2O4S. The van der Waals surface area contributed by atoms with Gasteiger partial charge >= 0.3 is 0 Å². The predicted molar refractivity (Wildman–Crippen MR) is 74.8 cm³/mol. The zero-order chi connectivity index (χ0) is 14.9. The topological polar surface area (TPSA) is 83.6 Å². The van der Waals surface area contributed by atoms with Crippen LogP contribution in [0.4, 0.5) is 0 Å². The van der Waals surface area contributed by atoms with Gasteiger partial charge in [0.15, 0.2) is 9.84 Å². The first-order valence-corrected chi connectivity index (χ1v) is 8.94. The van der Waals surface area contributed by atoms with Gasteiger partial charge < -0.3 is 10.2 Å². The summed E-state index contributed by atoms with van der Waals surface area (Å²) in [5.74, 6) is -0.362. The van der Waals surface area contributed by atoms with Crippen LogP contribution < -0.4 is 5.32 Å². The number of nitrogens with zero attached hydrogens (tertiary/aromatic N) is 1. The summed E-state index contributed by atoms with van der Waals surface area (Å²) in [6.07, 6.45) is 1.57. The molecule has 7 heteroatoms. The van der Waals surface area contributed by atoms with E-state index in [0.717, 1.165) is 6.42 Å². The van der Waals surface area contributed by atoms with Gasteiger partial charge in [0.25, 0.3) is 0 Å². The van der Waals surface area contributed by atoms with Crippen molar-refractivity contribution in [1.82, 2.24) is 10.2 Å². The van der Waals surface area contributed by atoms with Crippen LogP contribution in [0.3, 0.4) is 0 Å². The molecule has 6 nitrogen and oxygen atoms in total. The SMILES string of the molecule is CCC(C)N1CC(C(=O)NC2CCS(=O)(=O)C2)CC1=O. The van der Waals surface area contributed by atoms with Gasteiger partial charge in [0.2, 0.25) is 11.8 Å². The summed E-state index contributed by atoms with van der Waals surface area (Å²) in [4.78, 5) is 25.8. The van der Waals surface area contributed by atoms with Crippen molar-refractivity contribution < 1.29 is 18.0 Å². The molecule has 0 aliphatic carbocycles. The number of sulfone groups is 1. The highest BCUT2D eigenvalue weighted by atomic mass is 32.2. The molecule has 0 aromatic rings. The van der Waals surface area contributed by atoms with Gasteiger partial charge in [-0.2, -0.15) is 0 Å². The average molecular weight is 302 g/mol. The predicted octanol–water partition coefficient (Wildman–Crippen LogP) is -0.0633. The molecule has 2 rings (SSSR count). The first-order valence-electron chi connectivity index (χ1n) is 7.12. The van der Waals surface area contributed by atoms with Crippen molar-refractivity contribution in [1.29, 1.82) is 0 Å². The Morgan fingerprint density at radius 1 is 1.50 bits per heavy atom. The molecule has 2 amide bonds. The lowest BCUT2D eigenvalue weighted by Crippen LogP contribution is -2.41. The van der Waals surface area contributed by atoms with Crippen molar-refractivity contribution in [2.24, 2.45) is 5.92 Å². The average Bonchev–Trinajstić information content (AvgIpc) is 2.91. The molecule has 0 bridgehead atoms. The van der Waals surface area contributed by atoms with Crippen LogP contribution in [-0.4, -0.2) is 55.3 Å². The van der Waals surface area contributed by atoms with Gasteiger partial charge in [-0.05, 0) is 19.8 Å². The second kappa shape index (κ2) is 5.71. The summed E-state index contributed by atoms with van der Waals surface area (Å²) < 4.78 is 22.7. The Hall–Kier alpha value is -1.11.